The summed E-state index contributed by atoms with van der Waals surface area (Å²) in [6.45, 7) is 0. The lowest BCUT2D eigenvalue weighted by Gasteiger charge is -1.97. The Labute approximate surface area is 95.5 Å². The third-order valence-corrected chi connectivity index (χ3v) is 3.02. The van der Waals surface area contributed by atoms with E-state index in [9.17, 15) is 4.79 Å². The summed E-state index contributed by atoms with van der Waals surface area (Å²) >= 11 is 1.52. The van der Waals surface area contributed by atoms with Gasteiger partial charge in [0.2, 0.25) is 5.88 Å². The molecule has 0 bridgehead atoms. The van der Waals surface area contributed by atoms with Crippen LogP contribution in [-0.4, -0.2) is 16.2 Å². The molecule has 0 aliphatic rings. The summed E-state index contributed by atoms with van der Waals surface area (Å²) in [6, 6.07) is 3.80. The van der Waals surface area contributed by atoms with Crippen LogP contribution in [0.2, 0.25) is 0 Å². The van der Waals surface area contributed by atoms with Crippen LogP contribution in [0.5, 0.6) is 0 Å². The summed E-state index contributed by atoms with van der Waals surface area (Å²) in [6.07, 6.45) is 0.341. The van der Waals surface area contributed by atoms with Crippen molar-refractivity contribution in [2.24, 2.45) is 0 Å². The molecule has 2 aromatic heterocycles. The zero-order chi connectivity index (χ0) is 11.5. The van der Waals surface area contributed by atoms with Gasteiger partial charge in [0.05, 0.1) is 17.7 Å². The van der Waals surface area contributed by atoms with E-state index in [0.29, 0.717) is 12.1 Å². The summed E-state index contributed by atoms with van der Waals surface area (Å²) in [5, 5.41) is 14.3. The number of aromatic nitrogens is 1. The quantitative estimate of drug-likeness (QED) is 0.850. The van der Waals surface area contributed by atoms with Crippen molar-refractivity contribution < 1.29 is 14.4 Å². The van der Waals surface area contributed by atoms with E-state index in [-0.39, 0.29) is 12.3 Å². The lowest BCUT2D eigenvalue weighted by Crippen LogP contribution is -1.98. The van der Waals surface area contributed by atoms with E-state index in [0.717, 1.165) is 10.4 Å². The largest absolute Gasteiger partial charge is 0.481 e. The molecular weight excluding hydrogens is 228 g/mol. The van der Waals surface area contributed by atoms with Crippen LogP contribution in [0, 0.1) is 0 Å². The topological polar surface area (TPSA) is 89.4 Å². The van der Waals surface area contributed by atoms with Gasteiger partial charge in [-0.05, 0) is 11.4 Å². The Morgan fingerprint density at radius 3 is 3.06 bits per heavy atom. The molecule has 6 heteroatoms. The third kappa shape index (κ3) is 2.06. The molecule has 0 spiro atoms. The van der Waals surface area contributed by atoms with E-state index >= 15 is 0 Å². The summed E-state index contributed by atoms with van der Waals surface area (Å²) in [7, 11) is 0. The molecule has 0 atom stereocenters. The van der Waals surface area contributed by atoms with Gasteiger partial charge in [-0.1, -0.05) is 11.2 Å². The molecular formula is C10H10N2O3S. The fourth-order valence-electron chi connectivity index (χ4n) is 1.42. The number of carboxylic acid groups (broad SMARTS) is 1. The number of hydrogen-bond donors (Lipinski definition) is 2. The van der Waals surface area contributed by atoms with Crippen LogP contribution in [0.1, 0.15) is 12.1 Å². The van der Waals surface area contributed by atoms with Crippen molar-refractivity contribution in [3.8, 4) is 10.4 Å². The molecule has 0 fully saturated rings. The second-order valence-electron chi connectivity index (χ2n) is 3.24. The van der Waals surface area contributed by atoms with Crippen LogP contribution < -0.4 is 5.73 Å². The summed E-state index contributed by atoms with van der Waals surface area (Å²) in [5.74, 6) is -0.624. The number of nitrogen functional groups attached to an aromatic ring is 1. The maximum Gasteiger partial charge on any atom is 0.303 e. The van der Waals surface area contributed by atoms with Crippen molar-refractivity contribution in [2.75, 3.05) is 5.73 Å². The van der Waals surface area contributed by atoms with Gasteiger partial charge in [-0.3, -0.25) is 4.79 Å². The first-order valence-corrected chi connectivity index (χ1v) is 5.56. The number of anilines is 1. The van der Waals surface area contributed by atoms with E-state index < -0.39 is 5.97 Å². The van der Waals surface area contributed by atoms with E-state index in [1.54, 1.807) is 0 Å². The Bertz CT molecular complexity index is 490. The van der Waals surface area contributed by atoms with Crippen LogP contribution in [0.15, 0.2) is 22.0 Å². The van der Waals surface area contributed by atoms with Gasteiger partial charge in [0.25, 0.3) is 0 Å². The van der Waals surface area contributed by atoms with Crippen LogP contribution in [0.4, 0.5) is 5.88 Å². The molecule has 16 heavy (non-hydrogen) atoms. The van der Waals surface area contributed by atoms with Gasteiger partial charge >= 0.3 is 5.97 Å². The molecule has 0 aliphatic carbocycles. The maximum absolute atomic E-state index is 10.5. The summed E-state index contributed by atoms with van der Waals surface area (Å²) in [5.41, 5.74) is 6.99. The maximum atomic E-state index is 10.5. The highest BCUT2D eigenvalue weighted by Gasteiger charge is 2.17. The van der Waals surface area contributed by atoms with Gasteiger partial charge in [-0.2, -0.15) is 0 Å². The average Bonchev–Trinajstić information content (AvgIpc) is 2.83. The van der Waals surface area contributed by atoms with Crippen molar-refractivity contribution in [1.29, 1.82) is 0 Å². The van der Waals surface area contributed by atoms with Gasteiger partial charge in [-0.15, -0.1) is 11.3 Å². The SMILES string of the molecule is Nc1onc(CCC(=O)O)c1-c1cccs1. The highest BCUT2D eigenvalue weighted by atomic mass is 32.1. The molecule has 84 valence electrons. The highest BCUT2D eigenvalue weighted by molar-refractivity contribution is 7.13. The van der Waals surface area contributed by atoms with Crippen LogP contribution in [0.3, 0.4) is 0 Å². The summed E-state index contributed by atoms with van der Waals surface area (Å²) < 4.78 is 4.89. The Morgan fingerprint density at radius 1 is 1.62 bits per heavy atom. The minimum Gasteiger partial charge on any atom is -0.481 e. The van der Waals surface area contributed by atoms with Crippen LogP contribution >= 0.6 is 11.3 Å². The van der Waals surface area contributed by atoms with Crippen molar-refractivity contribution >= 4 is 23.2 Å². The van der Waals surface area contributed by atoms with E-state index in [1.807, 2.05) is 17.5 Å². The van der Waals surface area contributed by atoms with Crippen molar-refractivity contribution in [1.82, 2.24) is 5.16 Å². The van der Waals surface area contributed by atoms with Gasteiger partial charge in [0, 0.05) is 11.3 Å². The Kier molecular flexibility index (Phi) is 2.91. The molecule has 0 unspecified atom stereocenters. The van der Waals surface area contributed by atoms with E-state index in [1.165, 1.54) is 11.3 Å². The highest BCUT2D eigenvalue weighted by Crippen LogP contribution is 2.33. The Hall–Kier alpha value is -1.82. The number of rotatable bonds is 4. The lowest BCUT2D eigenvalue weighted by molar-refractivity contribution is -0.136. The number of nitrogens with two attached hydrogens (primary N) is 1. The van der Waals surface area contributed by atoms with Crippen LogP contribution in [-0.2, 0) is 11.2 Å². The van der Waals surface area contributed by atoms with E-state index in [2.05, 4.69) is 5.16 Å². The minimum absolute atomic E-state index is 0.0182. The first kappa shape index (κ1) is 10.7. The standard InChI is InChI=1S/C10H10N2O3S/c11-10-9(7-2-1-5-16-7)6(12-15-10)3-4-8(13)14/h1-2,5H,3-4,11H2,(H,13,14). The average molecular weight is 238 g/mol. The first-order chi connectivity index (χ1) is 7.68. The van der Waals surface area contributed by atoms with E-state index in [4.69, 9.17) is 15.4 Å². The van der Waals surface area contributed by atoms with Crippen molar-refractivity contribution in [3.05, 3.63) is 23.2 Å². The number of thiophene rings is 1. The molecule has 5 nitrogen and oxygen atoms in total. The monoisotopic (exact) mass is 238 g/mol. The number of hydrogen-bond acceptors (Lipinski definition) is 5. The van der Waals surface area contributed by atoms with Gasteiger partial charge in [0.15, 0.2) is 0 Å². The number of carbonyl (C=O) groups is 1. The fourth-order valence-corrected chi connectivity index (χ4v) is 2.22. The Balaban J connectivity index is 2.29. The van der Waals surface area contributed by atoms with Gasteiger partial charge in [-0.25, -0.2) is 0 Å². The molecule has 0 aromatic carbocycles. The molecule has 0 amide bonds. The molecule has 0 saturated heterocycles. The zero-order valence-corrected chi connectivity index (χ0v) is 9.16. The predicted octanol–water partition coefficient (Wildman–Crippen LogP) is 2.00. The normalized spacial score (nSPS) is 10.5. The fraction of sp³-hybridized carbons (Fsp3) is 0.200. The summed E-state index contributed by atoms with van der Waals surface area (Å²) in [4.78, 5) is 11.4. The second-order valence-corrected chi connectivity index (χ2v) is 4.19. The first-order valence-electron chi connectivity index (χ1n) is 4.68. The molecule has 2 aromatic rings. The number of aryl methyl sites for hydroxylation is 1. The van der Waals surface area contributed by atoms with Crippen molar-refractivity contribution in [2.45, 2.75) is 12.8 Å². The smallest absolute Gasteiger partial charge is 0.303 e. The zero-order valence-electron chi connectivity index (χ0n) is 8.34. The molecule has 2 rings (SSSR count). The van der Waals surface area contributed by atoms with Gasteiger partial charge < -0.3 is 15.4 Å². The van der Waals surface area contributed by atoms with Crippen molar-refractivity contribution in [3.63, 3.8) is 0 Å². The molecule has 3 N–H and O–H groups in total. The molecule has 0 saturated carbocycles. The Morgan fingerprint density at radius 2 is 2.44 bits per heavy atom. The molecule has 0 aliphatic heterocycles. The molecule has 0 radical (unpaired) electrons. The third-order valence-electron chi connectivity index (χ3n) is 2.13. The van der Waals surface area contributed by atoms with Crippen LogP contribution in [0.25, 0.3) is 10.4 Å². The predicted molar refractivity (Wildman–Crippen MR) is 60.2 cm³/mol. The number of carboxylic acids is 1. The molecule has 2 heterocycles. The lowest BCUT2D eigenvalue weighted by atomic mass is 10.1. The van der Waals surface area contributed by atoms with Gasteiger partial charge in [0.1, 0.15) is 0 Å². The number of aliphatic carboxylic acids is 1. The number of nitrogens with zero attached hydrogens (tertiary/aromatic N) is 1. The minimum atomic E-state index is -0.862. The second kappa shape index (κ2) is 4.36.